The number of ether oxygens (including phenoxy) is 4. The van der Waals surface area contributed by atoms with Crippen molar-refractivity contribution >= 4 is 17.1 Å². The van der Waals surface area contributed by atoms with Gasteiger partial charge in [-0.3, -0.25) is 20.2 Å². The van der Waals surface area contributed by atoms with E-state index in [0.29, 0.717) is 0 Å². The average Bonchev–Trinajstić information content (AvgIpc) is 2.94. The van der Waals surface area contributed by atoms with Crippen molar-refractivity contribution in [3.63, 3.8) is 0 Å². The van der Waals surface area contributed by atoms with E-state index in [1.807, 2.05) is 60.7 Å². The summed E-state index contributed by atoms with van der Waals surface area (Å²) in [6.45, 7) is 0.265. The van der Waals surface area contributed by atoms with Crippen LogP contribution in [0.3, 0.4) is 0 Å². The number of rotatable bonds is 8. The predicted molar refractivity (Wildman–Crippen MR) is 133 cm³/mol. The molecule has 12 nitrogen and oxygen atoms in total. The third-order valence-corrected chi connectivity index (χ3v) is 6.41. The molecule has 2 heterocycles. The van der Waals surface area contributed by atoms with Crippen LogP contribution in [0.4, 0.5) is 17.1 Å². The van der Waals surface area contributed by atoms with Crippen molar-refractivity contribution in [2.75, 3.05) is 11.9 Å². The Kier molecular flexibility index (Phi) is 7.58. The first-order valence-corrected chi connectivity index (χ1v) is 11.9. The largest absolute Gasteiger partial charge is 0.388 e. The number of nitrogens with one attached hydrogen (secondary N) is 1. The van der Waals surface area contributed by atoms with Gasteiger partial charge in [0.1, 0.15) is 30.0 Å². The van der Waals surface area contributed by atoms with Gasteiger partial charge in [-0.1, -0.05) is 60.7 Å². The number of hydrogen-bond acceptors (Lipinski definition) is 10. The second-order valence-electron chi connectivity index (χ2n) is 8.89. The number of nitro benzene ring substituents is 2. The van der Waals surface area contributed by atoms with Crippen LogP contribution in [-0.4, -0.2) is 52.2 Å². The van der Waals surface area contributed by atoms with Crippen molar-refractivity contribution < 1.29 is 33.9 Å². The minimum Gasteiger partial charge on any atom is -0.388 e. The van der Waals surface area contributed by atoms with E-state index in [1.54, 1.807) is 0 Å². The first-order valence-electron chi connectivity index (χ1n) is 11.9. The van der Waals surface area contributed by atoms with E-state index in [4.69, 9.17) is 18.9 Å². The zero-order chi connectivity index (χ0) is 26.6. The van der Waals surface area contributed by atoms with E-state index in [1.165, 1.54) is 6.07 Å². The molecule has 0 aliphatic carbocycles. The number of non-ortho nitro benzene ring substituents is 1. The van der Waals surface area contributed by atoms with Crippen LogP contribution in [0.25, 0.3) is 0 Å². The number of hydrogen-bond donors (Lipinski definition) is 2. The molecule has 0 spiro atoms. The Hall–Kier alpha value is -3.94. The Bertz CT molecular complexity index is 1280. The van der Waals surface area contributed by atoms with Crippen LogP contribution in [0.1, 0.15) is 17.4 Å². The predicted octanol–water partition coefficient (Wildman–Crippen LogP) is 3.70. The first-order chi connectivity index (χ1) is 18.4. The van der Waals surface area contributed by atoms with Crippen molar-refractivity contribution in [1.29, 1.82) is 0 Å². The van der Waals surface area contributed by atoms with Gasteiger partial charge in [0.15, 0.2) is 12.6 Å². The molecule has 0 radical (unpaired) electrons. The van der Waals surface area contributed by atoms with Crippen LogP contribution < -0.4 is 5.32 Å². The Morgan fingerprint density at radius 3 is 2.34 bits per heavy atom. The minimum absolute atomic E-state index is 0.0355. The summed E-state index contributed by atoms with van der Waals surface area (Å²) in [5.41, 5.74) is 0.624. The summed E-state index contributed by atoms with van der Waals surface area (Å²) in [4.78, 5) is 21.4. The van der Waals surface area contributed by atoms with Crippen molar-refractivity contribution in [2.24, 2.45) is 0 Å². The van der Waals surface area contributed by atoms with Gasteiger partial charge in [0.05, 0.1) is 29.1 Å². The third-order valence-electron chi connectivity index (χ3n) is 6.41. The molecule has 0 amide bonds. The molecule has 38 heavy (non-hydrogen) atoms. The number of nitrogens with zero attached hydrogens (tertiary/aromatic N) is 2. The minimum atomic E-state index is -1.24. The molecule has 0 saturated carbocycles. The summed E-state index contributed by atoms with van der Waals surface area (Å²) in [6, 6.07) is 20.7. The van der Waals surface area contributed by atoms with Crippen LogP contribution in [0.2, 0.25) is 0 Å². The number of aliphatic hydroxyl groups is 1. The van der Waals surface area contributed by atoms with Gasteiger partial charge < -0.3 is 29.4 Å². The first kappa shape index (κ1) is 25.7. The lowest BCUT2D eigenvalue weighted by molar-refractivity contribution is -0.393. The van der Waals surface area contributed by atoms with E-state index < -0.39 is 58.2 Å². The highest BCUT2D eigenvalue weighted by Gasteiger charge is 2.50. The third kappa shape index (κ3) is 5.49. The van der Waals surface area contributed by atoms with E-state index in [0.717, 1.165) is 23.3 Å². The maximum atomic E-state index is 11.7. The molecule has 12 heteroatoms. The molecule has 2 N–H and O–H groups in total. The Morgan fingerprint density at radius 2 is 1.66 bits per heavy atom. The highest BCUT2D eigenvalue weighted by molar-refractivity contribution is 5.66. The Labute approximate surface area is 217 Å². The zero-order valence-electron chi connectivity index (χ0n) is 20.0. The molecule has 3 aromatic rings. The fourth-order valence-corrected chi connectivity index (χ4v) is 4.51. The molecule has 3 aromatic carbocycles. The smallest absolute Gasteiger partial charge is 0.299 e. The maximum absolute atomic E-state index is 11.7. The molecule has 0 unspecified atom stereocenters. The van der Waals surface area contributed by atoms with E-state index in [2.05, 4.69) is 5.32 Å². The van der Waals surface area contributed by atoms with Gasteiger partial charge in [-0.05, 0) is 11.6 Å². The fourth-order valence-electron chi connectivity index (χ4n) is 4.51. The Morgan fingerprint density at radius 1 is 0.947 bits per heavy atom. The summed E-state index contributed by atoms with van der Waals surface area (Å²) in [7, 11) is 0. The molecule has 198 valence electrons. The normalized spacial score (nSPS) is 26.8. The lowest BCUT2D eigenvalue weighted by atomic mass is 9.95. The summed E-state index contributed by atoms with van der Waals surface area (Å²) >= 11 is 0. The molecule has 0 bridgehead atoms. The maximum Gasteiger partial charge on any atom is 0.299 e. The molecule has 5 rings (SSSR count). The van der Waals surface area contributed by atoms with E-state index in [-0.39, 0.29) is 18.9 Å². The summed E-state index contributed by atoms with van der Waals surface area (Å²) in [5.74, 6) is 0. The van der Waals surface area contributed by atoms with Gasteiger partial charge in [0.25, 0.3) is 11.4 Å². The average molecular weight is 523 g/mol. The lowest BCUT2D eigenvalue weighted by Crippen LogP contribution is -2.64. The lowest BCUT2D eigenvalue weighted by Gasteiger charge is -2.48. The van der Waals surface area contributed by atoms with Gasteiger partial charge in [-0.15, -0.1) is 0 Å². The van der Waals surface area contributed by atoms with Gasteiger partial charge in [-0.2, -0.15) is 0 Å². The molecule has 2 aliphatic rings. The van der Waals surface area contributed by atoms with Crippen molar-refractivity contribution in [1.82, 2.24) is 0 Å². The fraction of sp³-hybridized carbons (Fsp3) is 0.308. The van der Waals surface area contributed by atoms with Crippen LogP contribution >= 0.6 is 0 Å². The second-order valence-corrected chi connectivity index (χ2v) is 8.89. The topological polar surface area (TPSA) is 155 Å². The highest BCUT2D eigenvalue weighted by atomic mass is 16.7. The van der Waals surface area contributed by atoms with Crippen molar-refractivity contribution in [3.8, 4) is 0 Å². The molecule has 6 atom stereocenters. The SMILES string of the molecule is O=[N+]([O-])c1ccc(N[C@H]2[C@H](OCc3ccccc3)O[C@@H]3CO[C@@H](c4ccccc4)O[C@H]3[C@@H]2O)c([N+](=O)[O-])c1. The van der Waals surface area contributed by atoms with Gasteiger partial charge in [-0.25, -0.2) is 0 Å². The van der Waals surface area contributed by atoms with E-state index >= 15 is 0 Å². The van der Waals surface area contributed by atoms with Crippen molar-refractivity contribution in [3.05, 3.63) is 110 Å². The van der Waals surface area contributed by atoms with Crippen LogP contribution in [0, 0.1) is 20.2 Å². The quantitative estimate of drug-likeness (QED) is 0.330. The van der Waals surface area contributed by atoms with Crippen LogP contribution in [0.15, 0.2) is 78.9 Å². The molecular formula is C26H25N3O9. The summed E-state index contributed by atoms with van der Waals surface area (Å²) in [6.07, 6.45) is -4.55. The van der Waals surface area contributed by atoms with Gasteiger partial charge in [0.2, 0.25) is 0 Å². The Balaban J connectivity index is 1.42. The molecular weight excluding hydrogens is 498 g/mol. The second kappa shape index (κ2) is 11.2. The molecule has 2 fully saturated rings. The zero-order valence-corrected chi connectivity index (χ0v) is 20.0. The van der Waals surface area contributed by atoms with Crippen LogP contribution in [-0.2, 0) is 25.6 Å². The molecule has 2 aliphatic heterocycles. The number of benzene rings is 3. The number of anilines is 1. The number of nitro groups is 2. The van der Waals surface area contributed by atoms with Crippen molar-refractivity contribution in [2.45, 2.75) is 43.5 Å². The van der Waals surface area contributed by atoms with Crippen LogP contribution in [0.5, 0.6) is 0 Å². The number of aliphatic hydroxyl groups excluding tert-OH is 1. The summed E-state index contributed by atoms with van der Waals surface area (Å²) < 4.78 is 24.1. The van der Waals surface area contributed by atoms with E-state index in [9.17, 15) is 25.3 Å². The molecule has 2 saturated heterocycles. The summed E-state index contributed by atoms with van der Waals surface area (Å²) in [5, 5.41) is 37.3. The molecule has 0 aromatic heterocycles. The standard InChI is InChI=1S/C26H25N3O9/c30-23-22(27-19-12-11-18(28(31)32)13-20(19)29(33)34)26(35-14-16-7-3-1-4-8-16)37-21-15-36-25(38-24(21)23)17-9-5-2-6-10-17/h1-13,21-27,30H,14-15H2/t21-,22-,23-,24-,25-,26-/m1/s1. The number of fused-ring (bicyclic) bond motifs is 1. The highest BCUT2D eigenvalue weighted by Crippen LogP contribution is 2.37. The van der Waals surface area contributed by atoms with Gasteiger partial charge in [0, 0.05) is 11.6 Å². The monoisotopic (exact) mass is 523 g/mol. The van der Waals surface area contributed by atoms with Gasteiger partial charge >= 0.3 is 0 Å².